The maximum Gasteiger partial charge on any atom is 0.250 e. The molecule has 0 saturated carbocycles. The molecule has 1 heterocycles. The van der Waals surface area contributed by atoms with Gasteiger partial charge in [-0.15, -0.1) is 0 Å². The molecule has 1 aromatic heterocycles. The fraction of sp³-hybridized carbons (Fsp3) is 0.211. The number of amides is 1. The molecule has 134 valence electrons. The van der Waals surface area contributed by atoms with Gasteiger partial charge in [0.2, 0.25) is 0 Å². The summed E-state index contributed by atoms with van der Waals surface area (Å²) < 4.78 is 0. The van der Waals surface area contributed by atoms with Crippen molar-refractivity contribution in [3.8, 4) is 0 Å². The lowest BCUT2D eigenvalue weighted by atomic mass is 10.0. The van der Waals surface area contributed by atoms with Crippen molar-refractivity contribution in [2.75, 3.05) is 5.32 Å². The van der Waals surface area contributed by atoms with Crippen LogP contribution in [-0.2, 0) is 0 Å². The smallest absolute Gasteiger partial charge is 0.250 e. The molecule has 3 rings (SSSR count). The number of anilines is 1. The maximum absolute atomic E-state index is 11.7. The molecule has 0 aliphatic carbocycles. The van der Waals surface area contributed by atoms with E-state index in [4.69, 9.17) is 28.9 Å². The standard InChI is InChI=1S/C19H18Cl2N4O/c1-2-4-16(11-7-8-14(20)15(21)9-11)25-19-13-6-3-5-12(18(22)26)17(13)23-10-24-19/h3,5-10,16H,2,4H2,1H3,(H2,22,26)(H,23,24,25). The van der Waals surface area contributed by atoms with Gasteiger partial charge >= 0.3 is 0 Å². The Balaban J connectivity index is 2.03. The highest BCUT2D eigenvalue weighted by Crippen LogP contribution is 2.31. The lowest BCUT2D eigenvalue weighted by Crippen LogP contribution is -2.14. The summed E-state index contributed by atoms with van der Waals surface area (Å²) in [5, 5.41) is 5.22. The summed E-state index contributed by atoms with van der Waals surface area (Å²) in [5.74, 6) is 0.123. The Labute approximate surface area is 161 Å². The number of carbonyl (C=O) groups is 1. The summed E-state index contributed by atoms with van der Waals surface area (Å²) in [6, 6.07) is 10.9. The fourth-order valence-electron chi connectivity index (χ4n) is 2.91. The van der Waals surface area contributed by atoms with E-state index in [1.807, 2.05) is 18.2 Å². The first kappa shape index (κ1) is 18.4. The minimum atomic E-state index is -0.519. The van der Waals surface area contributed by atoms with Crippen LogP contribution in [0.4, 0.5) is 5.82 Å². The third-order valence-electron chi connectivity index (χ3n) is 4.16. The number of hydrogen-bond donors (Lipinski definition) is 2. The molecule has 0 aliphatic rings. The number of benzene rings is 2. The minimum Gasteiger partial charge on any atom is -0.366 e. The summed E-state index contributed by atoms with van der Waals surface area (Å²) in [6.45, 7) is 2.11. The van der Waals surface area contributed by atoms with Crippen LogP contribution in [-0.4, -0.2) is 15.9 Å². The summed E-state index contributed by atoms with van der Waals surface area (Å²) in [7, 11) is 0. The van der Waals surface area contributed by atoms with E-state index in [2.05, 4.69) is 22.2 Å². The summed E-state index contributed by atoms with van der Waals surface area (Å²) in [5.41, 5.74) is 7.37. The molecule has 7 heteroatoms. The molecular formula is C19H18Cl2N4O. The van der Waals surface area contributed by atoms with Crippen LogP contribution in [0.2, 0.25) is 10.0 Å². The predicted octanol–water partition coefficient (Wildman–Crippen LogP) is 4.99. The van der Waals surface area contributed by atoms with Crippen molar-refractivity contribution in [3.63, 3.8) is 0 Å². The van der Waals surface area contributed by atoms with E-state index in [1.54, 1.807) is 18.2 Å². The second-order valence-electron chi connectivity index (χ2n) is 5.95. The number of nitrogens with one attached hydrogen (secondary N) is 1. The second kappa shape index (κ2) is 7.89. The zero-order chi connectivity index (χ0) is 18.7. The number of nitrogens with zero attached hydrogens (tertiary/aromatic N) is 2. The van der Waals surface area contributed by atoms with Crippen molar-refractivity contribution in [1.29, 1.82) is 0 Å². The molecule has 5 nitrogen and oxygen atoms in total. The molecule has 2 aromatic carbocycles. The van der Waals surface area contributed by atoms with E-state index < -0.39 is 5.91 Å². The average Bonchev–Trinajstić information content (AvgIpc) is 2.63. The third kappa shape index (κ3) is 3.74. The van der Waals surface area contributed by atoms with Crippen molar-refractivity contribution in [2.45, 2.75) is 25.8 Å². The number of fused-ring (bicyclic) bond motifs is 1. The van der Waals surface area contributed by atoms with Crippen LogP contribution >= 0.6 is 23.2 Å². The Morgan fingerprint density at radius 1 is 1.19 bits per heavy atom. The molecule has 0 spiro atoms. The number of halogens is 2. The first-order valence-electron chi connectivity index (χ1n) is 8.26. The van der Waals surface area contributed by atoms with Crippen molar-refractivity contribution < 1.29 is 4.79 Å². The molecular weight excluding hydrogens is 371 g/mol. The normalized spacial score (nSPS) is 12.1. The highest BCUT2D eigenvalue weighted by Gasteiger charge is 2.16. The molecule has 3 aromatic rings. The Kier molecular flexibility index (Phi) is 5.59. The van der Waals surface area contributed by atoms with Crippen molar-refractivity contribution in [2.24, 2.45) is 5.73 Å². The van der Waals surface area contributed by atoms with Gasteiger partial charge in [0.25, 0.3) is 5.91 Å². The summed E-state index contributed by atoms with van der Waals surface area (Å²) in [6.07, 6.45) is 3.27. The van der Waals surface area contributed by atoms with Gasteiger partial charge in [0.1, 0.15) is 12.1 Å². The van der Waals surface area contributed by atoms with Crippen LogP contribution in [0.3, 0.4) is 0 Å². The molecule has 0 saturated heterocycles. The number of rotatable bonds is 6. The lowest BCUT2D eigenvalue weighted by Gasteiger charge is -2.21. The Morgan fingerprint density at radius 2 is 2.00 bits per heavy atom. The van der Waals surface area contributed by atoms with Gasteiger partial charge in [-0.25, -0.2) is 9.97 Å². The largest absolute Gasteiger partial charge is 0.366 e. The summed E-state index contributed by atoms with van der Waals surface area (Å²) >= 11 is 12.2. The monoisotopic (exact) mass is 388 g/mol. The maximum atomic E-state index is 11.7. The van der Waals surface area contributed by atoms with Crippen molar-refractivity contribution in [1.82, 2.24) is 9.97 Å². The number of hydrogen-bond acceptors (Lipinski definition) is 4. The molecule has 3 N–H and O–H groups in total. The number of aromatic nitrogens is 2. The van der Waals surface area contributed by atoms with Gasteiger partial charge in [0.15, 0.2) is 0 Å². The van der Waals surface area contributed by atoms with Gasteiger partial charge < -0.3 is 11.1 Å². The zero-order valence-electron chi connectivity index (χ0n) is 14.2. The third-order valence-corrected chi connectivity index (χ3v) is 4.90. The van der Waals surface area contributed by atoms with Crippen LogP contribution in [0.1, 0.15) is 41.7 Å². The molecule has 26 heavy (non-hydrogen) atoms. The SMILES string of the molecule is CCCC(Nc1ncnc2c(C(N)=O)cccc12)c1ccc(Cl)c(Cl)c1. The zero-order valence-corrected chi connectivity index (χ0v) is 15.7. The Hall–Kier alpha value is -2.37. The fourth-order valence-corrected chi connectivity index (χ4v) is 3.21. The van der Waals surface area contributed by atoms with Gasteiger partial charge in [-0.05, 0) is 36.2 Å². The highest BCUT2D eigenvalue weighted by atomic mass is 35.5. The predicted molar refractivity (Wildman–Crippen MR) is 106 cm³/mol. The van der Waals surface area contributed by atoms with Crippen LogP contribution in [0.15, 0.2) is 42.7 Å². The van der Waals surface area contributed by atoms with Gasteiger partial charge in [-0.3, -0.25) is 4.79 Å². The van der Waals surface area contributed by atoms with Gasteiger partial charge in [0.05, 0.1) is 27.2 Å². The molecule has 1 amide bonds. The van der Waals surface area contributed by atoms with Gasteiger partial charge in [-0.1, -0.05) is 48.7 Å². The first-order valence-corrected chi connectivity index (χ1v) is 9.02. The molecule has 0 radical (unpaired) electrons. The van der Waals surface area contributed by atoms with E-state index in [-0.39, 0.29) is 6.04 Å². The first-order chi connectivity index (χ1) is 12.5. The van der Waals surface area contributed by atoms with E-state index in [1.165, 1.54) is 6.33 Å². The Morgan fingerprint density at radius 3 is 2.69 bits per heavy atom. The molecule has 0 fully saturated rings. The number of para-hydroxylation sites is 1. The number of nitrogens with two attached hydrogens (primary N) is 1. The number of carbonyl (C=O) groups excluding carboxylic acids is 1. The van der Waals surface area contributed by atoms with Crippen LogP contribution in [0.25, 0.3) is 10.9 Å². The minimum absolute atomic E-state index is 0.00917. The number of primary amides is 1. The Bertz CT molecular complexity index is 961. The molecule has 0 aliphatic heterocycles. The second-order valence-corrected chi connectivity index (χ2v) is 6.76. The van der Waals surface area contributed by atoms with Crippen molar-refractivity contribution in [3.05, 3.63) is 63.9 Å². The quantitative estimate of drug-likeness (QED) is 0.623. The topological polar surface area (TPSA) is 80.9 Å². The lowest BCUT2D eigenvalue weighted by molar-refractivity contribution is 0.100. The van der Waals surface area contributed by atoms with E-state index >= 15 is 0 Å². The average molecular weight is 389 g/mol. The molecule has 1 atom stereocenters. The van der Waals surface area contributed by atoms with Gasteiger partial charge in [0, 0.05) is 5.39 Å². The van der Waals surface area contributed by atoms with E-state index in [9.17, 15) is 4.79 Å². The van der Waals surface area contributed by atoms with E-state index in [0.29, 0.717) is 26.9 Å². The molecule has 1 unspecified atom stereocenters. The molecule has 0 bridgehead atoms. The van der Waals surface area contributed by atoms with Crippen LogP contribution < -0.4 is 11.1 Å². The highest BCUT2D eigenvalue weighted by molar-refractivity contribution is 6.42. The van der Waals surface area contributed by atoms with Crippen LogP contribution in [0, 0.1) is 0 Å². The van der Waals surface area contributed by atoms with E-state index in [0.717, 1.165) is 23.8 Å². The van der Waals surface area contributed by atoms with Crippen LogP contribution in [0.5, 0.6) is 0 Å². The van der Waals surface area contributed by atoms with Gasteiger partial charge in [-0.2, -0.15) is 0 Å². The summed E-state index contributed by atoms with van der Waals surface area (Å²) in [4.78, 5) is 20.2. The van der Waals surface area contributed by atoms with Crippen molar-refractivity contribution >= 4 is 45.8 Å².